The van der Waals surface area contributed by atoms with E-state index in [9.17, 15) is 9.18 Å². The van der Waals surface area contributed by atoms with Crippen molar-refractivity contribution in [2.24, 2.45) is 0 Å². The van der Waals surface area contributed by atoms with Gasteiger partial charge in [-0.1, -0.05) is 64.7 Å². The molecular formula is C17H28FNO3. The number of nitrogens with one attached hydrogen (secondary N) is 1. The van der Waals surface area contributed by atoms with E-state index in [4.69, 9.17) is 9.84 Å². The molecule has 22 heavy (non-hydrogen) atoms. The molecule has 1 aromatic rings. The van der Waals surface area contributed by atoms with E-state index in [2.05, 4.69) is 11.9 Å². The van der Waals surface area contributed by atoms with E-state index in [1.165, 1.54) is 57.6 Å². The molecule has 0 aliphatic heterocycles. The highest BCUT2D eigenvalue weighted by molar-refractivity contribution is 5.86. The zero-order chi connectivity index (χ0) is 16.2. The SMILES string of the molecule is CCCCCCCCCCCCOc1c[nH]c(C(=O)O)c1F. The number of aromatic amines is 1. The minimum atomic E-state index is -1.31. The van der Waals surface area contributed by atoms with Crippen LogP contribution in [0.3, 0.4) is 0 Å². The molecule has 0 aromatic carbocycles. The lowest BCUT2D eigenvalue weighted by Gasteiger charge is -2.04. The van der Waals surface area contributed by atoms with Crippen LogP contribution < -0.4 is 4.74 Å². The van der Waals surface area contributed by atoms with E-state index in [0.717, 1.165) is 12.8 Å². The lowest BCUT2D eigenvalue weighted by Crippen LogP contribution is -2.01. The third kappa shape index (κ3) is 6.96. The van der Waals surface area contributed by atoms with Gasteiger partial charge in [-0.15, -0.1) is 0 Å². The van der Waals surface area contributed by atoms with Gasteiger partial charge in [-0.2, -0.15) is 0 Å². The molecular weight excluding hydrogens is 285 g/mol. The highest BCUT2D eigenvalue weighted by atomic mass is 19.1. The number of H-pyrrole nitrogens is 1. The van der Waals surface area contributed by atoms with Crippen LogP contribution >= 0.6 is 0 Å². The normalized spacial score (nSPS) is 10.8. The summed E-state index contributed by atoms with van der Waals surface area (Å²) in [5.74, 6) is -2.14. The second-order valence-corrected chi connectivity index (χ2v) is 5.68. The molecule has 0 aliphatic carbocycles. The highest BCUT2D eigenvalue weighted by Crippen LogP contribution is 2.20. The summed E-state index contributed by atoms with van der Waals surface area (Å²) < 4.78 is 18.8. The molecule has 4 nitrogen and oxygen atoms in total. The first kappa shape index (κ1) is 18.5. The fourth-order valence-corrected chi connectivity index (χ4v) is 2.42. The predicted octanol–water partition coefficient (Wildman–Crippen LogP) is 5.15. The van der Waals surface area contributed by atoms with Crippen molar-refractivity contribution in [1.29, 1.82) is 0 Å². The number of rotatable bonds is 13. The maximum atomic E-state index is 13.5. The number of aromatic nitrogens is 1. The third-order valence-electron chi connectivity index (χ3n) is 3.75. The van der Waals surface area contributed by atoms with Gasteiger partial charge in [-0.25, -0.2) is 9.18 Å². The summed E-state index contributed by atoms with van der Waals surface area (Å²) in [6.45, 7) is 2.65. The summed E-state index contributed by atoms with van der Waals surface area (Å²) in [4.78, 5) is 13.0. The first-order chi connectivity index (χ1) is 10.7. The Labute approximate surface area is 132 Å². The summed E-state index contributed by atoms with van der Waals surface area (Å²) in [5.41, 5.74) is -0.446. The summed E-state index contributed by atoms with van der Waals surface area (Å²) >= 11 is 0. The minimum Gasteiger partial charge on any atom is -0.489 e. The largest absolute Gasteiger partial charge is 0.489 e. The van der Waals surface area contributed by atoms with Crippen LogP contribution in [0.15, 0.2) is 6.20 Å². The summed E-state index contributed by atoms with van der Waals surface area (Å²) in [6, 6.07) is 0. The molecule has 5 heteroatoms. The van der Waals surface area contributed by atoms with Gasteiger partial charge in [0.05, 0.1) is 6.61 Å². The number of unbranched alkanes of at least 4 members (excludes halogenated alkanes) is 9. The number of hydrogen-bond donors (Lipinski definition) is 2. The van der Waals surface area contributed by atoms with Crippen LogP contribution in [0.1, 0.15) is 81.6 Å². The standard InChI is InChI=1S/C17H28FNO3/c1-2-3-4-5-6-7-8-9-10-11-12-22-14-13-19-16(15(14)18)17(20)21/h13,19H,2-12H2,1H3,(H,20,21). The maximum absolute atomic E-state index is 13.5. The molecule has 0 atom stereocenters. The second-order valence-electron chi connectivity index (χ2n) is 5.68. The molecule has 0 bridgehead atoms. The monoisotopic (exact) mass is 313 g/mol. The molecule has 0 saturated heterocycles. The number of ether oxygens (including phenoxy) is 1. The van der Waals surface area contributed by atoms with Gasteiger partial charge in [-0.3, -0.25) is 0 Å². The lowest BCUT2D eigenvalue weighted by molar-refractivity contribution is 0.0685. The molecule has 0 amide bonds. The average molecular weight is 313 g/mol. The average Bonchev–Trinajstić information content (AvgIpc) is 2.86. The smallest absolute Gasteiger partial charge is 0.355 e. The lowest BCUT2D eigenvalue weighted by atomic mass is 10.1. The van der Waals surface area contributed by atoms with Gasteiger partial charge in [-0.05, 0) is 6.42 Å². The molecule has 1 rings (SSSR count). The number of halogens is 1. The number of carbonyl (C=O) groups is 1. The van der Waals surface area contributed by atoms with E-state index in [0.29, 0.717) is 6.61 Å². The molecule has 1 aromatic heterocycles. The van der Waals surface area contributed by atoms with Crippen molar-refractivity contribution in [2.75, 3.05) is 6.61 Å². The van der Waals surface area contributed by atoms with Crippen molar-refractivity contribution in [2.45, 2.75) is 71.1 Å². The summed E-state index contributed by atoms with van der Waals surface area (Å²) in [6.07, 6.45) is 13.5. The molecule has 0 unspecified atom stereocenters. The van der Waals surface area contributed by atoms with Gasteiger partial charge in [0.25, 0.3) is 0 Å². The van der Waals surface area contributed by atoms with Crippen LogP contribution in [0.2, 0.25) is 0 Å². The van der Waals surface area contributed by atoms with Crippen LogP contribution in [0.25, 0.3) is 0 Å². The molecule has 1 heterocycles. The number of aromatic carboxylic acids is 1. The van der Waals surface area contributed by atoms with Gasteiger partial charge >= 0.3 is 5.97 Å². The molecule has 126 valence electrons. The third-order valence-corrected chi connectivity index (χ3v) is 3.75. The Morgan fingerprint density at radius 3 is 2.14 bits per heavy atom. The first-order valence-electron chi connectivity index (χ1n) is 8.39. The maximum Gasteiger partial charge on any atom is 0.355 e. The van der Waals surface area contributed by atoms with Gasteiger partial charge in [0.2, 0.25) is 0 Å². The Morgan fingerprint density at radius 2 is 1.64 bits per heavy atom. The molecule has 2 N–H and O–H groups in total. The van der Waals surface area contributed by atoms with Gasteiger partial charge < -0.3 is 14.8 Å². The molecule has 0 saturated carbocycles. The van der Waals surface area contributed by atoms with Crippen LogP contribution in [0.5, 0.6) is 5.75 Å². The Hall–Kier alpha value is -1.52. The molecule has 0 radical (unpaired) electrons. The Morgan fingerprint density at radius 1 is 1.09 bits per heavy atom. The Balaban J connectivity index is 1.99. The van der Waals surface area contributed by atoms with Gasteiger partial charge in [0, 0.05) is 6.20 Å². The Bertz CT molecular complexity index is 432. The number of carboxylic acids is 1. The molecule has 0 aliphatic rings. The van der Waals surface area contributed by atoms with Crippen molar-refractivity contribution < 1.29 is 19.0 Å². The zero-order valence-corrected chi connectivity index (χ0v) is 13.5. The van der Waals surface area contributed by atoms with E-state index >= 15 is 0 Å². The van der Waals surface area contributed by atoms with Crippen molar-refractivity contribution in [3.05, 3.63) is 17.7 Å². The van der Waals surface area contributed by atoms with Crippen molar-refractivity contribution in [3.63, 3.8) is 0 Å². The topological polar surface area (TPSA) is 62.3 Å². The van der Waals surface area contributed by atoms with E-state index < -0.39 is 17.5 Å². The van der Waals surface area contributed by atoms with Crippen LogP contribution in [0.4, 0.5) is 4.39 Å². The van der Waals surface area contributed by atoms with Gasteiger partial charge in [0.15, 0.2) is 17.3 Å². The van der Waals surface area contributed by atoms with Crippen molar-refractivity contribution in [3.8, 4) is 5.75 Å². The summed E-state index contributed by atoms with van der Waals surface area (Å²) in [5, 5.41) is 8.71. The predicted molar refractivity (Wildman–Crippen MR) is 85.0 cm³/mol. The van der Waals surface area contributed by atoms with Crippen molar-refractivity contribution in [1.82, 2.24) is 4.98 Å². The van der Waals surface area contributed by atoms with E-state index in [-0.39, 0.29) is 5.75 Å². The number of carboxylic acid groups (broad SMARTS) is 1. The number of hydrogen-bond acceptors (Lipinski definition) is 2. The quantitative estimate of drug-likeness (QED) is 0.495. The zero-order valence-electron chi connectivity index (χ0n) is 13.5. The first-order valence-corrected chi connectivity index (χ1v) is 8.39. The van der Waals surface area contributed by atoms with Crippen LogP contribution in [0, 0.1) is 5.82 Å². The van der Waals surface area contributed by atoms with E-state index in [1.54, 1.807) is 0 Å². The summed E-state index contributed by atoms with van der Waals surface area (Å²) in [7, 11) is 0. The molecule has 0 fully saturated rings. The minimum absolute atomic E-state index is 0.00618. The van der Waals surface area contributed by atoms with E-state index in [1.807, 2.05) is 0 Å². The Kier molecular flexibility index (Phi) is 9.35. The fourth-order valence-electron chi connectivity index (χ4n) is 2.42. The molecule has 0 spiro atoms. The highest BCUT2D eigenvalue weighted by Gasteiger charge is 2.17. The van der Waals surface area contributed by atoms with Crippen LogP contribution in [-0.4, -0.2) is 22.7 Å². The fraction of sp³-hybridized carbons (Fsp3) is 0.706. The van der Waals surface area contributed by atoms with Crippen molar-refractivity contribution >= 4 is 5.97 Å². The van der Waals surface area contributed by atoms with Gasteiger partial charge in [0.1, 0.15) is 0 Å². The second kappa shape index (κ2) is 11.1. The van der Waals surface area contributed by atoms with Crippen LogP contribution in [-0.2, 0) is 0 Å².